The molecule has 0 unspecified atom stereocenters. The lowest BCUT2D eigenvalue weighted by Gasteiger charge is -2.07. The molecule has 0 aromatic heterocycles. The van der Waals surface area contributed by atoms with E-state index < -0.39 is 0 Å². The molecular formula is C17H17NS. The minimum atomic E-state index is 0.725. The molecule has 1 nitrogen and oxygen atoms in total. The predicted octanol–water partition coefficient (Wildman–Crippen LogP) is 4.61. The van der Waals surface area contributed by atoms with Gasteiger partial charge in [-0.15, -0.1) is 0 Å². The summed E-state index contributed by atoms with van der Waals surface area (Å²) >= 11 is 1.91. The van der Waals surface area contributed by atoms with Crippen molar-refractivity contribution in [1.29, 1.82) is 5.26 Å². The number of nitriles is 1. The Kier molecular flexibility index (Phi) is 4.65. The molecule has 0 radical (unpaired) electrons. The Morgan fingerprint density at radius 3 is 2.37 bits per heavy atom. The Hall–Kier alpha value is -1.72. The minimum absolute atomic E-state index is 0.725. The van der Waals surface area contributed by atoms with Crippen molar-refractivity contribution in [2.75, 3.05) is 0 Å². The van der Waals surface area contributed by atoms with Crippen molar-refractivity contribution in [3.63, 3.8) is 0 Å². The average Bonchev–Trinajstić information content (AvgIpc) is 2.42. The van der Waals surface area contributed by atoms with E-state index in [1.54, 1.807) is 0 Å². The second-order valence-corrected chi connectivity index (χ2v) is 5.72. The van der Waals surface area contributed by atoms with Crippen LogP contribution in [0.5, 0.6) is 0 Å². The number of hydrogen-bond donors (Lipinski definition) is 0. The van der Waals surface area contributed by atoms with E-state index in [1.165, 1.54) is 22.3 Å². The van der Waals surface area contributed by atoms with Crippen molar-refractivity contribution in [1.82, 2.24) is 0 Å². The Morgan fingerprint density at radius 1 is 1.00 bits per heavy atom. The quantitative estimate of drug-likeness (QED) is 0.807. The van der Waals surface area contributed by atoms with E-state index in [4.69, 9.17) is 5.26 Å². The molecule has 0 bridgehead atoms. The van der Waals surface area contributed by atoms with Crippen LogP contribution in [0.25, 0.3) is 0 Å². The molecule has 2 rings (SSSR count). The van der Waals surface area contributed by atoms with E-state index in [-0.39, 0.29) is 0 Å². The number of hydrogen-bond acceptors (Lipinski definition) is 2. The zero-order valence-corrected chi connectivity index (χ0v) is 12.1. The van der Waals surface area contributed by atoms with Crippen LogP contribution >= 0.6 is 11.8 Å². The van der Waals surface area contributed by atoms with E-state index in [1.807, 2.05) is 36.0 Å². The maximum absolute atomic E-state index is 8.75. The van der Waals surface area contributed by atoms with Gasteiger partial charge in [-0.1, -0.05) is 35.9 Å². The van der Waals surface area contributed by atoms with Gasteiger partial charge in [0.15, 0.2) is 0 Å². The maximum atomic E-state index is 8.75. The third-order valence-corrected chi connectivity index (χ3v) is 4.16. The summed E-state index contributed by atoms with van der Waals surface area (Å²) in [6, 6.07) is 16.6. The first-order valence-corrected chi connectivity index (χ1v) is 7.47. The van der Waals surface area contributed by atoms with Crippen LogP contribution in [0, 0.1) is 25.2 Å². The summed E-state index contributed by atoms with van der Waals surface area (Å²) in [5.74, 6) is 2.02. The van der Waals surface area contributed by atoms with Crippen LogP contribution in [-0.4, -0.2) is 0 Å². The van der Waals surface area contributed by atoms with Crippen LogP contribution in [0.3, 0.4) is 0 Å². The molecule has 0 saturated carbocycles. The highest BCUT2D eigenvalue weighted by Crippen LogP contribution is 2.21. The van der Waals surface area contributed by atoms with Gasteiger partial charge in [0.05, 0.1) is 11.6 Å². The molecule has 0 aliphatic rings. The van der Waals surface area contributed by atoms with E-state index in [2.05, 4.69) is 38.1 Å². The van der Waals surface area contributed by atoms with E-state index in [0.29, 0.717) is 0 Å². The molecule has 96 valence electrons. The summed E-state index contributed by atoms with van der Waals surface area (Å²) < 4.78 is 0. The zero-order valence-electron chi connectivity index (χ0n) is 11.3. The second-order valence-electron chi connectivity index (χ2n) is 4.73. The first kappa shape index (κ1) is 13.7. The van der Waals surface area contributed by atoms with Gasteiger partial charge >= 0.3 is 0 Å². The molecule has 19 heavy (non-hydrogen) atoms. The number of rotatable bonds is 4. The fourth-order valence-electron chi connectivity index (χ4n) is 1.96. The Labute approximate surface area is 119 Å². The fourth-order valence-corrected chi connectivity index (χ4v) is 3.04. The van der Waals surface area contributed by atoms with Crippen LogP contribution in [0.2, 0.25) is 0 Å². The van der Waals surface area contributed by atoms with Crippen LogP contribution in [0.1, 0.15) is 27.8 Å². The molecule has 0 heterocycles. The third-order valence-electron chi connectivity index (χ3n) is 3.11. The maximum Gasteiger partial charge on any atom is 0.0991 e. The molecule has 0 fully saturated rings. The molecule has 2 heteroatoms. The van der Waals surface area contributed by atoms with Crippen LogP contribution in [-0.2, 0) is 11.5 Å². The smallest absolute Gasteiger partial charge is 0.0991 e. The first-order chi connectivity index (χ1) is 9.19. The van der Waals surface area contributed by atoms with Crippen molar-refractivity contribution < 1.29 is 0 Å². The summed E-state index contributed by atoms with van der Waals surface area (Å²) in [6.07, 6.45) is 0. The zero-order chi connectivity index (χ0) is 13.7. The molecular weight excluding hydrogens is 250 g/mol. The fraction of sp³-hybridized carbons (Fsp3) is 0.235. The topological polar surface area (TPSA) is 23.8 Å². The van der Waals surface area contributed by atoms with Gasteiger partial charge in [-0.3, -0.25) is 0 Å². The highest BCUT2D eigenvalue weighted by molar-refractivity contribution is 7.97. The Balaban J connectivity index is 1.91. The van der Waals surface area contributed by atoms with Crippen molar-refractivity contribution >= 4 is 11.8 Å². The molecule has 0 amide bonds. The highest BCUT2D eigenvalue weighted by atomic mass is 32.2. The third kappa shape index (κ3) is 3.87. The minimum Gasteiger partial charge on any atom is -0.192 e. The SMILES string of the molecule is Cc1ccc(CSCc2ccc(C#N)cc2)c(C)c1. The van der Waals surface area contributed by atoms with Gasteiger partial charge in [-0.05, 0) is 42.7 Å². The lowest BCUT2D eigenvalue weighted by Crippen LogP contribution is -1.88. The van der Waals surface area contributed by atoms with Gasteiger partial charge in [0.25, 0.3) is 0 Å². The number of thioether (sulfide) groups is 1. The van der Waals surface area contributed by atoms with Crippen LogP contribution in [0.4, 0.5) is 0 Å². The normalized spacial score (nSPS) is 10.2. The summed E-state index contributed by atoms with van der Waals surface area (Å²) in [5.41, 5.74) is 6.09. The molecule has 0 aliphatic carbocycles. The van der Waals surface area contributed by atoms with Crippen molar-refractivity contribution in [3.05, 3.63) is 70.3 Å². The molecule has 0 atom stereocenters. The molecule has 0 aliphatic heterocycles. The largest absolute Gasteiger partial charge is 0.192 e. The van der Waals surface area contributed by atoms with E-state index in [9.17, 15) is 0 Å². The molecule has 0 spiro atoms. The summed E-state index contributed by atoms with van der Waals surface area (Å²) in [6.45, 7) is 4.30. The summed E-state index contributed by atoms with van der Waals surface area (Å²) in [4.78, 5) is 0. The van der Waals surface area contributed by atoms with Gasteiger partial charge in [0, 0.05) is 11.5 Å². The second kappa shape index (κ2) is 6.45. The van der Waals surface area contributed by atoms with Gasteiger partial charge in [-0.2, -0.15) is 17.0 Å². The van der Waals surface area contributed by atoms with Crippen molar-refractivity contribution in [2.24, 2.45) is 0 Å². The first-order valence-electron chi connectivity index (χ1n) is 6.32. The predicted molar refractivity (Wildman–Crippen MR) is 82.1 cm³/mol. The van der Waals surface area contributed by atoms with Crippen molar-refractivity contribution in [2.45, 2.75) is 25.4 Å². The monoisotopic (exact) mass is 267 g/mol. The molecule has 2 aromatic carbocycles. The Morgan fingerprint density at radius 2 is 1.74 bits per heavy atom. The van der Waals surface area contributed by atoms with Crippen LogP contribution in [0.15, 0.2) is 42.5 Å². The van der Waals surface area contributed by atoms with E-state index >= 15 is 0 Å². The van der Waals surface area contributed by atoms with E-state index in [0.717, 1.165) is 17.1 Å². The lowest BCUT2D eigenvalue weighted by atomic mass is 10.1. The van der Waals surface area contributed by atoms with Crippen LogP contribution < -0.4 is 0 Å². The number of benzene rings is 2. The number of nitrogens with zero attached hydrogens (tertiary/aromatic N) is 1. The van der Waals surface area contributed by atoms with Gasteiger partial charge in [-0.25, -0.2) is 0 Å². The van der Waals surface area contributed by atoms with Gasteiger partial charge < -0.3 is 0 Å². The lowest BCUT2D eigenvalue weighted by molar-refractivity contribution is 1.27. The Bertz CT molecular complexity index is 594. The molecule has 0 N–H and O–H groups in total. The molecule has 2 aromatic rings. The van der Waals surface area contributed by atoms with Gasteiger partial charge in [0.2, 0.25) is 0 Å². The standard InChI is InChI=1S/C17H17NS/c1-13-3-8-17(14(2)9-13)12-19-11-16-6-4-15(10-18)5-7-16/h3-9H,11-12H2,1-2H3. The average molecular weight is 267 g/mol. The summed E-state index contributed by atoms with van der Waals surface area (Å²) in [5, 5.41) is 8.75. The van der Waals surface area contributed by atoms with Crippen molar-refractivity contribution in [3.8, 4) is 6.07 Å². The number of aryl methyl sites for hydroxylation is 2. The highest BCUT2D eigenvalue weighted by Gasteiger charge is 2.00. The van der Waals surface area contributed by atoms with Gasteiger partial charge in [0.1, 0.15) is 0 Å². The molecule has 0 saturated heterocycles. The summed E-state index contributed by atoms with van der Waals surface area (Å²) in [7, 11) is 0.